The van der Waals surface area contributed by atoms with Crippen LogP contribution in [0, 0.1) is 5.41 Å². The summed E-state index contributed by atoms with van der Waals surface area (Å²) in [5, 5.41) is 9.07. The van der Waals surface area contributed by atoms with Crippen LogP contribution in [0.3, 0.4) is 0 Å². The lowest BCUT2D eigenvalue weighted by Gasteiger charge is -2.29. The number of hydrogen-bond acceptors (Lipinski definition) is 2. The zero-order chi connectivity index (χ0) is 8.32. The van der Waals surface area contributed by atoms with E-state index in [1.807, 2.05) is 13.0 Å². The molecule has 62 valence electrons. The van der Waals surface area contributed by atoms with Crippen LogP contribution in [0.1, 0.15) is 26.2 Å². The lowest BCUT2D eigenvalue weighted by atomic mass is 9.77. The molecule has 1 atom stereocenters. The largest absolute Gasteiger partial charge is 0.395 e. The molecule has 0 unspecified atom stereocenters. The number of allylic oxidation sites excluding steroid dienone is 1. The number of aliphatic hydroxyl groups is 1. The maximum Gasteiger partial charge on any atom is 0.155 e. The molecule has 0 aromatic carbocycles. The van der Waals surface area contributed by atoms with Crippen LogP contribution in [-0.2, 0) is 4.79 Å². The van der Waals surface area contributed by atoms with Crippen molar-refractivity contribution in [3.8, 4) is 0 Å². The third kappa shape index (κ3) is 1.69. The molecule has 1 rings (SSSR count). The van der Waals surface area contributed by atoms with Crippen LogP contribution in [0.5, 0.6) is 0 Å². The van der Waals surface area contributed by atoms with Gasteiger partial charge in [0.1, 0.15) is 0 Å². The van der Waals surface area contributed by atoms with E-state index in [1.54, 1.807) is 6.08 Å². The zero-order valence-corrected chi connectivity index (χ0v) is 6.84. The second-order valence-corrected chi connectivity index (χ2v) is 3.17. The Balaban J connectivity index is 2.72. The van der Waals surface area contributed by atoms with Gasteiger partial charge in [0, 0.05) is 11.8 Å². The summed E-state index contributed by atoms with van der Waals surface area (Å²) in [6.07, 6.45) is 5.76. The molecule has 0 radical (unpaired) electrons. The zero-order valence-electron chi connectivity index (χ0n) is 6.84. The molecular weight excluding hydrogens is 140 g/mol. The molecule has 2 heteroatoms. The predicted molar refractivity (Wildman–Crippen MR) is 43.2 cm³/mol. The number of carbonyl (C=O) groups excluding carboxylic acids is 1. The van der Waals surface area contributed by atoms with Crippen molar-refractivity contribution in [2.45, 2.75) is 26.2 Å². The van der Waals surface area contributed by atoms with Gasteiger partial charge in [0.15, 0.2) is 5.78 Å². The van der Waals surface area contributed by atoms with Crippen molar-refractivity contribution in [1.29, 1.82) is 0 Å². The second-order valence-electron chi connectivity index (χ2n) is 3.17. The Morgan fingerprint density at radius 2 is 2.45 bits per heavy atom. The van der Waals surface area contributed by atoms with E-state index >= 15 is 0 Å². The Bertz CT molecular complexity index is 178. The number of carbonyl (C=O) groups is 1. The summed E-state index contributed by atoms with van der Waals surface area (Å²) < 4.78 is 0. The van der Waals surface area contributed by atoms with E-state index in [0.717, 1.165) is 12.8 Å². The summed E-state index contributed by atoms with van der Waals surface area (Å²) in [5.41, 5.74) is -0.103. The molecule has 0 aliphatic heterocycles. The van der Waals surface area contributed by atoms with Gasteiger partial charge in [-0.05, 0) is 18.9 Å². The Hall–Kier alpha value is -0.630. The molecule has 0 amide bonds. The van der Waals surface area contributed by atoms with Gasteiger partial charge in [-0.15, -0.1) is 0 Å². The molecule has 0 spiro atoms. The first kappa shape index (κ1) is 8.47. The van der Waals surface area contributed by atoms with Gasteiger partial charge >= 0.3 is 0 Å². The summed E-state index contributed by atoms with van der Waals surface area (Å²) in [7, 11) is 0. The predicted octanol–water partition coefficient (Wildman–Crippen LogP) is 1.29. The lowest BCUT2D eigenvalue weighted by Crippen LogP contribution is -2.26. The lowest BCUT2D eigenvalue weighted by molar-refractivity contribution is -0.115. The fourth-order valence-corrected chi connectivity index (χ4v) is 1.35. The van der Waals surface area contributed by atoms with Gasteiger partial charge in [0.25, 0.3) is 0 Å². The number of rotatable bonds is 2. The molecular formula is C9H14O2. The highest BCUT2D eigenvalue weighted by atomic mass is 16.3. The van der Waals surface area contributed by atoms with Crippen LogP contribution in [0.25, 0.3) is 0 Å². The van der Waals surface area contributed by atoms with Crippen LogP contribution in [0.4, 0.5) is 0 Å². The Morgan fingerprint density at radius 3 is 2.82 bits per heavy atom. The van der Waals surface area contributed by atoms with Crippen LogP contribution < -0.4 is 0 Å². The van der Waals surface area contributed by atoms with E-state index in [1.165, 1.54) is 0 Å². The number of aliphatic hydroxyl groups excluding tert-OH is 1. The second kappa shape index (κ2) is 3.18. The van der Waals surface area contributed by atoms with Crippen molar-refractivity contribution in [2.75, 3.05) is 6.61 Å². The van der Waals surface area contributed by atoms with Crippen molar-refractivity contribution in [3.05, 3.63) is 12.2 Å². The van der Waals surface area contributed by atoms with Crippen molar-refractivity contribution in [1.82, 2.24) is 0 Å². The Labute approximate surface area is 66.9 Å². The molecule has 0 saturated heterocycles. The molecule has 0 aromatic heterocycles. The third-order valence-electron chi connectivity index (χ3n) is 2.51. The minimum atomic E-state index is -0.103. The summed E-state index contributed by atoms with van der Waals surface area (Å²) in [6.45, 7) is 2.20. The molecule has 11 heavy (non-hydrogen) atoms. The van der Waals surface area contributed by atoms with Crippen LogP contribution >= 0.6 is 0 Å². The molecule has 0 heterocycles. The summed E-state index contributed by atoms with van der Waals surface area (Å²) >= 11 is 0. The van der Waals surface area contributed by atoms with E-state index < -0.39 is 0 Å². The normalized spacial score (nSPS) is 30.9. The Kier molecular flexibility index (Phi) is 2.45. The first-order valence-corrected chi connectivity index (χ1v) is 4.05. The number of ketones is 1. The van der Waals surface area contributed by atoms with Crippen LogP contribution in [0.2, 0.25) is 0 Å². The van der Waals surface area contributed by atoms with Gasteiger partial charge in [-0.1, -0.05) is 13.0 Å². The van der Waals surface area contributed by atoms with E-state index in [2.05, 4.69) is 0 Å². The average Bonchev–Trinajstić information content (AvgIpc) is 2.07. The van der Waals surface area contributed by atoms with Gasteiger partial charge in [-0.25, -0.2) is 0 Å². The minimum absolute atomic E-state index is 0.103. The van der Waals surface area contributed by atoms with E-state index in [-0.39, 0.29) is 17.8 Å². The van der Waals surface area contributed by atoms with Gasteiger partial charge in [-0.2, -0.15) is 0 Å². The standard InChI is InChI=1S/C9H14O2/c1-2-9(7-10)5-3-8(11)4-6-9/h3,5,10H,2,4,6-7H2,1H3/t9-/m1/s1. The summed E-state index contributed by atoms with van der Waals surface area (Å²) in [4.78, 5) is 10.8. The van der Waals surface area contributed by atoms with Crippen molar-refractivity contribution >= 4 is 5.78 Å². The topological polar surface area (TPSA) is 37.3 Å². The maximum absolute atomic E-state index is 10.8. The molecule has 1 N–H and O–H groups in total. The number of hydrogen-bond donors (Lipinski definition) is 1. The van der Waals surface area contributed by atoms with Gasteiger partial charge in [0.05, 0.1) is 6.61 Å². The SMILES string of the molecule is CC[C@@]1(CO)C=CC(=O)CC1. The van der Waals surface area contributed by atoms with Gasteiger partial charge in [0.2, 0.25) is 0 Å². The van der Waals surface area contributed by atoms with Gasteiger partial charge in [-0.3, -0.25) is 4.79 Å². The van der Waals surface area contributed by atoms with E-state index in [9.17, 15) is 4.79 Å². The molecule has 2 nitrogen and oxygen atoms in total. The molecule has 0 saturated carbocycles. The highest BCUT2D eigenvalue weighted by Crippen LogP contribution is 2.32. The molecule has 0 aromatic rings. The third-order valence-corrected chi connectivity index (χ3v) is 2.51. The quantitative estimate of drug-likeness (QED) is 0.650. The first-order valence-electron chi connectivity index (χ1n) is 4.05. The molecule has 1 aliphatic rings. The highest BCUT2D eigenvalue weighted by molar-refractivity contribution is 5.90. The van der Waals surface area contributed by atoms with Gasteiger partial charge < -0.3 is 5.11 Å². The summed E-state index contributed by atoms with van der Waals surface area (Å²) in [6, 6.07) is 0. The summed E-state index contributed by atoms with van der Waals surface area (Å²) in [5.74, 6) is 0.183. The first-order chi connectivity index (χ1) is 5.22. The average molecular weight is 154 g/mol. The van der Waals surface area contributed by atoms with Crippen molar-refractivity contribution in [2.24, 2.45) is 5.41 Å². The van der Waals surface area contributed by atoms with Crippen LogP contribution in [-0.4, -0.2) is 17.5 Å². The Morgan fingerprint density at radius 1 is 1.73 bits per heavy atom. The van der Waals surface area contributed by atoms with E-state index in [4.69, 9.17) is 5.11 Å². The monoisotopic (exact) mass is 154 g/mol. The van der Waals surface area contributed by atoms with E-state index in [0.29, 0.717) is 6.42 Å². The molecule has 0 fully saturated rings. The van der Waals surface area contributed by atoms with Crippen LogP contribution in [0.15, 0.2) is 12.2 Å². The fraction of sp³-hybridized carbons (Fsp3) is 0.667. The fourth-order valence-electron chi connectivity index (χ4n) is 1.35. The van der Waals surface area contributed by atoms with Crippen molar-refractivity contribution < 1.29 is 9.90 Å². The molecule has 1 aliphatic carbocycles. The maximum atomic E-state index is 10.8. The smallest absolute Gasteiger partial charge is 0.155 e. The highest BCUT2D eigenvalue weighted by Gasteiger charge is 2.27. The molecule has 0 bridgehead atoms. The minimum Gasteiger partial charge on any atom is -0.395 e. The van der Waals surface area contributed by atoms with Crippen molar-refractivity contribution in [3.63, 3.8) is 0 Å².